The van der Waals surface area contributed by atoms with E-state index in [1.807, 2.05) is 16.3 Å². The first-order chi connectivity index (χ1) is 15.2. The first-order valence-electron chi connectivity index (χ1n) is 10.5. The molecule has 2 aromatic heterocycles. The maximum Gasteiger partial charge on any atom is 0.316 e. The van der Waals surface area contributed by atoms with Crippen molar-refractivity contribution in [3.63, 3.8) is 0 Å². The molecule has 5 rings (SSSR count). The highest BCUT2D eigenvalue weighted by Crippen LogP contribution is 2.32. The zero-order valence-corrected chi connectivity index (χ0v) is 18.2. The van der Waals surface area contributed by atoms with E-state index in [4.69, 9.17) is 24.5 Å². The standard InChI is InChI=1S/C19H26N8O3S/c1-20-18(28)25-19-22-14(11-31-19)15-13-10-21-27(12-2-6-29-7-3-12)16(13)24-17(23-15)26-4-8-30-9-5-26/h10-12,19,22H,2-9H2,1H3,(H2,20,25,28). The van der Waals surface area contributed by atoms with Gasteiger partial charge >= 0.3 is 6.03 Å². The lowest BCUT2D eigenvalue weighted by Crippen LogP contribution is -2.44. The number of carbonyl (C=O) groups excluding carboxylic acids is 1. The predicted octanol–water partition coefficient (Wildman–Crippen LogP) is 0.862. The summed E-state index contributed by atoms with van der Waals surface area (Å²) in [6.07, 6.45) is 3.67. The molecule has 0 radical (unpaired) electrons. The molecule has 3 N–H and O–H groups in total. The second-order valence-corrected chi connectivity index (χ2v) is 8.54. The van der Waals surface area contributed by atoms with Gasteiger partial charge in [-0.25, -0.2) is 14.5 Å². The number of hydrogen-bond donors (Lipinski definition) is 3. The predicted molar refractivity (Wildman–Crippen MR) is 118 cm³/mol. The fourth-order valence-electron chi connectivity index (χ4n) is 3.95. The molecule has 1 unspecified atom stereocenters. The van der Waals surface area contributed by atoms with Gasteiger partial charge in [0.2, 0.25) is 5.95 Å². The van der Waals surface area contributed by atoms with Gasteiger partial charge in [-0.15, -0.1) is 0 Å². The van der Waals surface area contributed by atoms with Gasteiger partial charge in [0.25, 0.3) is 0 Å². The largest absolute Gasteiger partial charge is 0.381 e. The number of carbonyl (C=O) groups is 1. The Morgan fingerprint density at radius 3 is 2.74 bits per heavy atom. The van der Waals surface area contributed by atoms with Crippen LogP contribution in [0.25, 0.3) is 16.7 Å². The van der Waals surface area contributed by atoms with Gasteiger partial charge in [0.1, 0.15) is 5.69 Å². The van der Waals surface area contributed by atoms with Crippen LogP contribution in [0.4, 0.5) is 10.7 Å². The molecular weight excluding hydrogens is 420 g/mol. The second kappa shape index (κ2) is 8.89. The van der Waals surface area contributed by atoms with E-state index in [-0.39, 0.29) is 17.6 Å². The van der Waals surface area contributed by atoms with E-state index < -0.39 is 0 Å². The SMILES string of the molecule is CNC(=O)NC1NC(c2nc(N3CCOCC3)nc3c2cnn3C2CCOCC2)=CS1. The Morgan fingerprint density at radius 2 is 1.97 bits per heavy atom. The van der Waals surface area contributed by atoms with Crippen LogP contribution in [-0.4, -0.2) is 77.8 Å². The summed E-state index contributed by atoms with van der Waals surface area (Å²) in [5.41, 5.74) is 2.20. The molecule has 1 atom stereocenters. The maximum atomic E-state index is 11.7. The minimum absolute atomic E-state index is 0.242. The molecule has 2 amide bonds. The Morgan fingerprint density at radius 1 is 1.19 bits per heavy atom. The van der Waals surface area contributed by atoms with Crippen molar-refractivity contribution in [3.8, 4) is 0 Å². The molecule has 5 heterocycles. The molecule has 0 saturated carbocycles. The number of anilines is 1. The molecule has 0 bridgehead atoms. The van der Waals surface area contributed by atoms with Crippen LogP contribution in [0.3, 0.4) is 0 Å². The van der Waals surface area contributed by atoms with Crippen LogP contribution in [0.2, 0.25) is 0 Å². The summed E-state index contributed by atoms with van der Waals surface area (Å²) in [6, 6.07) is 0.0166. The summed E-state index contributed by atoms with van der Waals surface area (Å²) >= 11 is 1.49. The number of nitrogens with one attached hydrogen (secondary N) is 3. The number of thioether (sulfide) groups is 1. The zero-order chi connectivity index (χ0) is 21.2. The number of hydrogen-bond acceptors (Lipinski definition) is 9. The molecule has 0 spiro atoms. The van der Waals surface area contributed by atoms with Gasteiger partial charge in [-0.3, -0.25) is 0 Å². The lowest BCUT2D eigenvalue weighted by molar-refractivity contribution is 0.0673. The summed E-state index contributed by atoms with van der Waals surface area (Å²) in [5, 5.41) is 16.3. The molecule has 3 aliphatic rings. The average molecular weight is 447 g/mol. The quantitative estimate of drug-likeness (QED) is 0.628. The highest BCUT2D eigenvalue weighted by molar-refractivity contribution is 8.03. The molecule has 166 valence electrons. The van der Waals surface area contributed by atoms with E-state index in [0.29, 0.717) is 19.2 Å². The normalized spacial score (nSPS) is 22.3. The molecule has 0 aromatic carbocycles. The van der Waals surface area contributed by atoms with Crippen LogP contribution >= 0.6 is 11.8 Å². The van der Waals surface area contributed by atoms with Gasteiger partial charge < -0.3 is 30.3 Å². The Bertz CT molecular complexity index is 984. The van der Waals surface area contributed by atoms with E-state index in [1.165, 1.54) is 11.8 Å². The second-order valence-electron chi connectivity index (χ2n) is 7.56. The van der Waals surface area contributed by atoms with Crippen LogP contribution in [0.5, 0.6) is 0 Å². The third-order valence-corrected chi connectivity index (χ3v) is 6.51. The minimum Gasteiger partial charge on any atom is -0.381 e. The molecule has 2 saturated heterocycles. The highest BCUT2D eigenvalue weighted by Gasteiger charge is 2.27. The Labute approximate surface area is 183 Å². The third kappa shape index (κ3) is 4.14. The molecule has 2 fully saturated rings. The van der Waals surface area contributed by atoms with Gasteiger partial charge in [0.15, 0.2) is 11.1 Å². The summed E-state index contributed by atoms with van der Waals surface area (Å²) in [4.78, 5) is 23.7. The van der Waals surface area contributed by atoms with Gasteiger partial charge in [-0.1, -0.05) is 11.8 Å². The van der Waals surface area contributed by atoms with Crippen LogP contribution in [-0.2, 0) is 9.47 Å². The summed E-state index contributed by atoms with van der Waals surface area (Å²) in [7, 11) is 1.59. The number of amides is 2. The summed E-state index contributed by atoms with van der Waals surface area (Å²) in [5.74, 6) is 0.676. The Balaban J connectivity index is 1.51. The third-order valence-electron chi connectivity index (χ3n) is 5.63. The number of aromatic nitrogens is 4. The average Bonchev–Trinajstić information content (AvgIpc) is 3.46. The van der Waals surface area contributed by atoms with Gasteiger partial charge in [-0.2, -0.15) is 10.1 Å². The van der Waals surface area contributed by atoms with Gasteiger partial charge in [0, 0.05) is 38.8 Å². The maximum absolute atomic E-state index is 11.7. The van der Waals surface area contributed by atoms with Crippen molar-refractivity contribution in [2.24, 2.45) is 0 Å². The topological polar surface area (TPSA) is 118 Å². The van der Waals surface area contributed by atoms with Crippen molar-refractivity contribution in [2.75, 3.05) is 51.5 Å². The van der Waals surface area contributed by atoms with Gasteiger partial charge in [-0.05, 0) is 12.8 Å². The number of nitrogens with zero attached hydrogens (tertiary/aromatic N) is 5. The van der Waals surface area contributed by atoms with Crippen molar-refractivity contribution in [2.45, 2.75) is 24.4 Å². The first kappa shape index (κ1) is 20.3. The van der Waals surface area contributed by atoms with Crippen molar-refractivity contribution >= 4 is 40.5 Å². The number of rotatable bonds is 4. The zero-order valence-electron chi connectivity index (χ0n) is 17.3. The number of urea groups is 1. The van der Waals surface area contributed by atoms with Crippen LogP contribution < -0.4 is 20.9 Å². The number of morpholine rings is 1. The lowest BCUT2D eigenvalue weighted by atomic mass is 10.1. The van der Waals surface area contributed by atoms with Crippen LogP contribution in [0, 0.1) is 0 Å². The fraction of sp³-hybridized carbons (Fsp3) is 0.579. The monoisotopic (exact) mass is 446 g/mol. The van der Waals surface area contributed by atoms with E-state index in [2.05, 4.69) is 20.9 Å². The van der Waals surface area contributed by atoms with E-state index in [1.54, 1.807) is 7.05 Å². The van der Waals surface area contributed by atoms with Gasteiger partial charge in [0.05, 0.1) is 36.5 Å². The summed E-state index contributed by atoms with van der Waals surface area (Å²) < 4.78 is 13.1. The number of ether oxygens (including phenoxy) is 2. The molecule has 2 aromatic rings. The molecule has 31 heavy (non-hydrogen) atoms. The molecular formula is C19H26N8O3S. The van der Waals surface area contributed by atoms with Crippen LogP contribution in [0.1, 0.15) is 24.6 Å². The van der Waals surface area contributed by atoms with E-state index in [0.717, 1.165) is 61.6 Å². The first-order valence-corrected chi connectivity index (χ1v) is 11.4. The molecule has 12 heteroatoms. The Hall–Kier alpha value is -2.57. The summed E-state index contributed by atoms with van der Waals surface area (Å²) in [6.45, 7) is 4.28. The highest BCUT2D eigenvalue weighted by atomic mass is 32.2. The van der Waals surface area contributed by atoms with Crippen molar-refractivity contribution in [1.29, 1.82) is 0 Å². The fourth-order valence-corrected chi connectivity index (χ4v) is 4.77. The van der Waals surface area contributed by atoms with Crippen molar-refractivity contribution in [3.05, 3.63) is 17.3 Å². The van der Waals surface area contributed by atoms with Crippen molar-refractivity contribution in [1.82, 2.24) is 35.7 Å². The molecule has 0 aliphatic carbocycles. The van der Waals surface area contributed by atoms with E-state index >= 15 is 0 Å². The van der Waals surface area contributed by atoms with Crippen molar-refractivity contribution < 1.29 is 14.3 Å². The molecule has 11 nitrogen and oxygen atoms in total. The minimum atomic E-state index is -0.266. The number of fused-ring (bicyclic) bond motifs is 1. The molecule has 3 aliphatic heterocycles. The Kier molecular flexibility index (Phi) is 5.83. The lowest BCUT2D eigenvalue weighted by Gasteiger charge is -2.28. The van der Waals surface area contributed by atoms with Crippen LogP contribution in [0.15, 0.2) is 11.6 Å². The smallest absolute Gasteiger partial charge is 0.316 e. The van der Waals surface area contributed by atoms with E-state index in [9.17, 15) is 4.79 Å².